The first-order chi connectivity index (χ1) is 8.13. The van der Waals surface area contributed by atoms with Crippen LogP contribution in [0.4, 0.5) is 4.79 Å². The molecule has 17 heavy (non-hydrogen) atoms. The Bertz CT molecular complexity index is 161. The van der Waals surface area contributed by atoms with Gasteiger partial charge in [0.2, 0.25) is 0 Å². The smallest absolute Gasteiger partial charge is 0.402 e. The lowest BCUT2D eigenvalue weighted by Gasteiger charge is -2.15. The third-order valence-electron chi connectivity index (χ3n) is 3.15. The third kappa shape index (κ3) is 15.2. The molecule has 2 fully saturated rings. The summed E-state index contributed by atoms with van der Waals surface area (Å²) in [5, 5.41) is 7.19. The third-order valence-corrected chi connectivity index (χ3v) is 3.15. The molecular formula is C13H28N2O2. The fourth-order valence-corrected chi connectivity index (χ4v) is 2.19. The zero-order valence-corrected chi connectivity index (χ0v) is 10.9. The Balaban J connectivity index is 0.000000236. The van der Waals surface area contributed by atoms with Gasteiger partial charge in [0, 0.05) is 6.04 Å². The normalized spacial score (nSPS) is 20.3. The highest BCUT2D eigenvalue weighted by atomic mass is 16.4. The second kappa shape index (κ2) is 11.7. The monoisotopic (exact) mass is 244 g/mol. The quantitative estimate of drug-likeness (QED) is 0.611. The maximum absolute atomic E-state index is 8.78. The van der Waals surface area contributed by atoms with Crippen LogP contribution in [0.5, 0.6) is 0 Å². The van der Waals surface area contributed by atoms with Gasteiger partial charge in [0.15, 0.2) is 0 Å². The van der Waals surface area contributed by atoms with Crippen molar-refractivity contribution in [1.82, 2.24) is 0 Å². The first kappa shape index (κ1) is 16.2. The number of amides is 1. The molecule has 0 aliphatic heterocycles. The van der Waals surface area contributed by atoms with Gasteiger partial charge in [-0.1, -0.05) is 57.8 Å². The van der Waals surface area contributed by atoms with Crippen LogP contribution in [0.15, 0.2) is 0 Å². The minimum atomic E-state index is -1.33. The van der Waals surface area contributed by atoms with Crippen LogP contribution >= 0.6 is 0 Å². The predicted molar refractivity (Wildman–Crippen MR) is 71.0 cm³/mol. The lowest BCUT2D eigenvalue weighted by atomic mass is 9.97. The molecule has 1 amide bonds. The van der Waals surface area contributed by atoms with Gasteiger partial charge in [0.1, 0.15) is 0 Å². The zero-order chi connectivity index (χ0) is 12.9. The number of rotatable bonds is 0. The molecule has 0 atom stereocenters. The maximum atomic E-state index is 8.78. The Kier molecular flexibility index (Phi) is 11.2. The van der Waals surface area contributed by atoms with Gasteiger partial charge in [-0.2, -0.15) is 0 Å². The van der Waals surface area contributed by atoms with E-state index in [2.05, 4.69) is 5.73 Å². The van der Waals surface area contributed by atoms with Gasteiger partial charge in [-0.25, -0.2) is 4.79 Å². The number of primary amides is 1. The molecule has 0 radical (unpaired) electrons. The van der Waals surface area contributed by atoms with E-state index in [9.17, 15) is 0 Å². The molecule has 0 bridgehead atoms. The average Bonchev–Trinajstić information content (AvgIpc) is 2.32. The molecule has 0 spiro atoms. The minimum Gasteiger partial charge on any atom is -0.465 e. The molecule has 2 rings (SSSR count). The highest BCUT2D eigenvalue weighted by Crippen LogP contribution is 2.15. The number of carboxylic acid groups (broad SMARTS) is 1. The molecule has 4 nitrogen and oxygen atoms in total. The van der Waals surface area contributed by atoms with Crippen LogP contribution in [0.1, 0.15) is 70.6 Å². The fourth-order valence-electron chi connectivity index (χ4n) is 2.19. The van der Waals surface area contributed by atoms with Crippen LogP contribution < -0.4 is 11.5 Å². The van der Waals surface area contributed by atoms with Crippen molar-refractivity contribution in [3.63, 3.8) is 0 Å². The summed E-state index contributed by atoms with van der Waals surface area (Å²) in [6.07, 6.45) is 14.3. The van der Waals surface area contributed by atoms with Gasteiger partial charge in [-0.15, -0.1) is 0 Å². The molecule has 0 unspecified atom stereocenters. The van der Waals surface area contributed by atoms with Crippen LogP contribution in [0.2, 0.25) is 0 Å². The van der Waals surface area contributed by atoms with Gasteiger partial charge < -0.3 is 16.6 Å². The molecule has 0 aromatic carbocycles. The van der Waals surface area contributed by atoms with E-state index in [1.807, 2.05) is 0 Å². The summed E-state index contributed by atoms with van der Waals surface area (Å²) in [4.78, 5) is 8.78. The molecular weight excluding hydrogens is 216 g/mol. The van der Waals surface area contributed by atoms with E-state index in [0.29, 0.717) is 6.04 Å². The number of hydrogen-bond acceptors (Lipinski definition) is 2. The number of nitrogens with two attached hydrogens (primary N) is 2. The zero-order valence-electron chi connectivity index (χ0n) is 10.9. The molecule has 2 aliphatic carbocycles. The highest BCUT2D eigenvalue weighted by molar-refractivity contribution is 5.61. The van der Waals surface area contributed by atoms with Gasteiger partial charge in [0.25, 0.3) is 0 Å². The fraction of sp³-hybridized carbons (Fsp3) is 0.923. The van der Waals surface area contributed by atoms with Gasteiger partial charge >= 0.3 is 6.09 Å². The van der Waals surface area contributed by atoms with E-state index in [1.165, 1.54) is 70.6 Å². The molecule has 2 aliphatic rings. The summed E-state index contributed by atoms with van der Waals surface area (Å²) >= 11 is 0. The van der Waals surface area contributed by atoms with E-state index in [0.717, 1.165) is 0 Å². The van der Waals surface area contributed by atoms with Gasteiger partial charge in [-0.05, 0) is 12.8 Å². The van der Waals surface area contributed by atoms with Crippen LogP contribution in [0.25, 0.3) is 0 Å². The summed E-state index contributed by atoms with van der Waals surface area (Å²) in [7, 11) is 0. The summed E-state index contributed by atoms with van der Waals surface area (Å²) in [5.74, 6) is 0. The lowest BCUT2D eigenvalue weighted by Crippen LogP contribution is -2.22. The van der Waals surface area contributed by atoms with Crippen molar-refractivity contribution in [3.05, 3.63) is 0 Å². The van der Waals surface area contributed by atoms with E-state index in [1.54, 1.807) is 0 Å². The summed E-state index contributed by atoms with van der Waals surface area (Å²) in [6.45, 7) is 0. The Morgan fingerprint density at radius 2 is 1.06 bits per heavy atom. The van der Waals surface area contributed by atoms with Crippen molar-refractivity contribution >= 4 is 6.09 Å². The molecule has 0 aromatic rings. The van der Waals surface area contributed by atoms with Crippen LogP contribution in [0, 0.1) is 0 Å². The van der Waals surface area contributed by atoms with E-state index < -0.39 is 6.09 Å². The van der Waals surface area contributed by atoms with Crippen LogP contribution in [0.3, 0.4) is 0 Å². The number of hydrogen-bond donors (Lipinski definition) is 3. The van der Waals surface area contributed by atoms with Crippen LogP contribution in [-0.4, -0.2) is 17.2 Å². The molecule has 4 heteroatoms. The Hall–Kier alpha value is -0.770. The van der Waals surface area contributed by atoms with Crippen molar-refractivity contribution in [1.29, 1.82) is 0 Å². The van der Waals surface area contributed by atoms with Gasteiger partial charge in [0.05, 0.1) is 0 Å². The lowest BCUT2D eigenvalue weighted by molar-refractivity contribution is 0.205. The number of carbonyl (C=O) groups is 1. The second-order valence-corrected chi connectivity index (χ2v) is 4.86. The first-order valence-electron chi connectivity index (χ1n) is 6.87. The predicted octanol–water partition coefficient (Wildman–Crippen LogP) is 3.24. The molecule has 2 saturated carbocycles. The Morgan fingerprint density at radius 3 is 1.24 bits per heavy atom. The van der Waals surface area contributed by atoms with Crippen molar-refractivity contribution < 1.29 is 9.90 Å². The van der Waals surface area contributed by atoms with Crippen molar-refractivity contribution in [2.24, 2.45) is 11.5 Å². The van der Waals surface area contributed by atoms with Crippen molar-refractivity contribution in [2.75, 3.05) is 0 Å². The topological polar surface area (TPSA) is 89.3 Å². The van der Waals surface area contributed by atoms with Crippen molar-refractivity contribution in [2.45, 2.75) is 76.7 Å². The molecule has 102 valence electrons. The van der Waals surface area contributed by atoms with Gasteiger partial charge in [-0.3, -0.25) is 0 Å². The Labute approximate surface area is 105 Å². The van der Waals surface area contributed by atoms with E-state index >= 15 is 0 Å². The standard InChI is InChI=1S/C6H13N.C6H12.CH3NO2/c7-6-4-2-1-3-5-6;1-2-4-6-5-3-1;2-1(3)4/h6H,1-5,7H2;1-6H2;2H2,(H,3,4). The van der Waals surface area contributed by atoms with E-state index in [4.69, 9.17) is 15.6 Å². The average molecular weight is 244 g/mol. The molecule has 0 saturated heterocycles. The summed E-state index contributed by atoms with van der Waals surface area (Å²) in [5.41, 5.74) is 9.66. The second-order valence-electron chi connectivity index (χ2n) is 4.86. The summed E-state index contributed by atoms with van der Waals surface area (Å²) in [6, 6.07) is 0.536. The molecule has 0 heterocycles. The molecule has 0 aromatic heterocycles. The van der Waals surface area contributed by atoms with Crippen molar-refractivity contribution in [3.8, 4) is 0 Å². The minimum absolute atomic E-state index is 0.536. The highest BCUT2D eigenvalue weighted by Gasteiger charge is 2.06. The van der Waals surface area contributed by atoms with Crippen LogP contribution in [-0.2, 0) is 0 Å². The largest absolute Gasteiger partial charge is 0.465 e. The SMILES string of the molecule is C1CCCCC1.NC(=O)O.NC1CCCCC1. The molecule has 5 N–H and O–H groups in total. The van der Waals surface area contributed by atoms with E-state index in [-0.39, 0.29) is 0 Å². The Morgan fingerprint density at radius 1 is 0.824 bits per heavy atom. The maximum Gasteiger partial charge on any atom is 0.402 e. The summed E-state index contributed by atoms with van der Waals surface area (Å²) < 4.78 is 0. The first-order valence-corrected chi connectivity index (χ1v) is 6.87.